The van der Waals surface area contributed by atoms with Crippen LogP contribution in [0.1, 0.15) is 0 Å². The smallest absolute Gasteiger partial charge is 0.0600 e. The van der Waals surface area contributed by atoms with E-state index in [0.717, 1.165) is 17.9 Å². The van der Waals surface area contributed by atoms with Gasteiger partial charge >= 0.3 is 0 Å². The maximum Gasteiger partial charge on any atom is 0.0600 e. The molecule has 1 heterocycles. The molecule has 1 aromatic carbocycles. The van der Waals surface area contributed by atoms with Gasteiger partial charge in [0.2, 0.25) is 0 Å². The van der Waals surface area contributed by atoms with E-state index >= 15 is 0 Å². The summed E-state index contributed by atoms with van der Waals surface area (Å²) < 4.78 is 0. The normalized spacial score (nSPS) is 9.75. The van der Waals surface area contributed by atoms with Gasteiger partial charge in [0.15, 0.2) is 0 Å². The van der Waals surface area contributed by atoms with Gasteiger partial charge in [-0.05, 0) is 24.3 Å². The molecule has 0 saturated carbocycles. The zero-order valence-corrected chi connectivity index (χ0v) is 9.08. The fraction of sp³-hybridized carbons (Fsp3) is 0.0714. The summed E-state index contributed by atoms with van der Waals surface area (Å²) in [4.78, 5) is 6.30. The lowest BCUT2D eigenvalue weighted by molar-refractivity contribution is 1.08. The fourth-order valence-electron chi connectivity index (χ4n) is 1.61. The maximum atomic E-state index is 4.14. The van der Waals surface area contributed by atoms with Crippen molar-refractivity contribution in [3.05, 3.63) is 67.5 Å². The molecule has 0 aliphatic carbocycles. The summed E-state index contributed by atoms with van der Waals surface area (Å²) in [5.74, 6) is 0. The van der Waals surface area contributed by atoms with E-state index in [1.54, 1.807) is 6.20 Å². The second-order valence-electron chi connectivity index (χ2n) is 3.45. The number of anilines is 2. The number of benzene rings is 1. The highest BCUT2D eigenvalue weighted by atomic mass is 15.1. The van der Waals surface area contributed by atoms with Crippen molar-refractivity contribution in [1.29, 1.82) is 0 Å². The molecule has 0 fully saturated rings. The molecule has 0 atom stereocenters. The summed E-state index contributed by atoms with van der Waals surface area (Å²) in [5, 5.41) is 0. The van der Waals surface area contributed by atoms with Crippen LogP contribution in [0.5, 0.6) is 0 Å². The van der Waals surface area contributed by atoms with Crippen molar-refractivity contribution in [3.63, 3.8) is 0 Å². The van der Waals surface area contributed by atoms with Crippen LogP contribution in [0.4, 0.5) is 11.4 Å². The fourth-order valence-corrected chi connectivity index (χ4v) is 1.61. The average Bonchev–Trinajstić information content (AvgIpc) is 2.38. The molecule has 0 aliphatic heterocycles. The zero-order chi connectivity index (χ0) is 11.2. The topological polar surface area (TPSA) is 16.1 Å². The lowest BCUT2D eigenvalue weighted by Gasteiger charge is -2.22. The van der Waals surface area contributed by atoms with Crippen molar-refractivity contribution >= 4 is 11.4 Å². The molecule has 0 saturated heterocycles. The van der Waals surface area contributed by atoms with Gasteiger partial charge in [0.05, 0.1) is 11.9 Å². The molecule has 2 nitrogen and oxygen atoms in total. The number of aromatic nitrogens is 1. The van der Waals surface area contributed by atoms with Crippen LogP contribution in [0.15, 0.2) is 67.5 Å². The summed E-state index contributed by atoms with van der Waals surface area (Å²) >= 11 is 0. The van der Waals surface area contributed by atoms with Crippen LogP contribution in [0.2, 0.25) is 0 Å². The molecule has 2 heteroatoms. The Kier molecular flexibility index (Phi) is 3.34. The van der Waals surface area contributed by atoms with Crippen LogP contribution in [-0.2, 0) is 0 Å². The largest absolute Gasteiger partial charge is 0.336 e. The van der Waals surface area contributed by atoms with Gasteiger partial charge < -0.3 is 4.90 Å². The number of pyridine rings is 1. The Labute approximate surface area is 95.9 Å². The predicted octanol–water partition coefficient (Wildman–Crippen LogP) is 3.41. The summed E-state index contributed by atoms with van der Waals surface area (Å²) in [5.41, 5.74) is 2.23. The quantitative estimate of drug-likeness (QED) is 0.719. The third kappa shape index (κ3) is 2.28. The molecule has 0 radical (unpaired) electrons. The van der Waals surface area contributed by atoms with Gasteiger partial charge in [-0.2, -0.15) is 0 Å². The van der Waals surface area contributed by atoms with Crippen LogP contribution in [0.25, 0.3) is 0 Å². The van der Waals surface area contributed by atoms with E-state index in [2.05, 4.69) is 28.6 Å². The van der Waals surface area contributed by atoms with E-state index in [9.17, 15) is 0 Å². The lowest BCUT2D eigenvalue weighted by Crippen LogP contribution is -2.16. The Balaban J connectivity index is 2.35. The van der Waals surface area contributed by atoms with Gasteiger partial charge in [-0.25, -0.2) is 0 Å². The van der Waals surface area contributed by atoms with Crippen molar-refractivity contribution in [2.45, 2.75) is 0 Å². The second kappa shape index (κ2) is 5.12. The highest BCUT2D eigenvalue weighted by Gasteiger charge is 2.06. The van der Waals surface area contributed by atoms with Gasteiger partial charge in [0.25, 0.3) is 0 Å². The number of rotatable bonds is 4. The van der Waals surface area contributed by atoms with E-state index in [-0.39, 0.29) is 0 Å². The SMILES string of the molecule is C=CCN(c1ccccc1)c1cccnc1. The number of hydrogen-bond donors (Lipinski definition) is 0. The molecule has 0 aliphatic rings. The zero-order valence-electron chi connectivity index (χ0n) is 9.08. The monoisotopic (exact) mass is 210 g/mol. The molecule has 0 amide bonds. The van der Waals surface area contributed by atoms with Crippen LogP contribution < -0.4 is 4.90 Å². The van der Waals surface area contributed by atoms with Crippen molar-refractivity contribution in [2.24, 2.45) is 0 Å². The Hall–Kier alpha value is -2.09. The molecule has 1 aromatic heterocycles. The van der Waals surface area contributed by atoms with E-state index in [1.165, 1.54) is 0 Å². The van der Waals surface area contributed by atoms with Crippen LogP contribution in [0.3, 0.4) is 0 Å². The molecule has 16 heavy (non-hydrogen) atoms. The van der Waals surface area contributed by atoms with E-state index < -0.39 is 0 Å². The summed E-state index contributed by atoms with van der Waals surface area (Å²) in [7, 11) is 0. The van der Waals surface area contributed by atoms with Gasteiger partial charge in [0.1, 0.15) is 0 Å². The van der Waals surface area contributed by atoms with Gasteiger partial charge in [-0.3, -0.25) is 4.98 Å². The lowest BCUT2D eigenvalue weighted by atomic mass is 10.2. The minimum atomic E-state index is 0.774. The Morgan fingerprint density at radius 1 is 1.06 bits per heavy atom. The van der Waals surface area contributed by atoms with Crippen molar-refractivity contribution in [1.82, 2.24) is 4.98 Å². The third-order valence-corrected chi connectivity index (χ3v) is 2.34. The number of hydrogen-bond acceptors (Lipinski definition) is 2. The maximum absolute atomic E-state index is 4.14. The first-order chi connectivity index (χ1) is 7.92. The standard InChI is InChI=1S/C14H14N2/c1-2-11-16(13-7-4-3-5-8-13)14-9-6-10-15-12-14/h2-10,12H,1,11H2. The summed E-state index contributed by atoms with van der Waals surface area (Å²) in [6, 6.07) is 14.2. The Morgan fingerprint density at radius 3 is 2.44 bits per heavy atom. The van der Waals surface area contributed by atoms with Crippen LogP contribution in [0, 0.1) is 0 Å². The second-order valence-corrected chi connectivity index (χ2v) is 3.45. The van der Waals surface area contributed by atoms with Gasteiger partial charge in [-0.15, -0.1) is 6.58 Å². The minimum absolute atomic E-state index is 0.774. The van der Waals surface area contributed by atoms with Crippen LogP contribution in [-0.4, -0.2) is 11.5 Å². The summed E-state index contributed by atoms with van der Waals surface area (Å²) in [6.45, 7) is 4.56. The van der Waals surface area contributed by atoms with Crippen molar-refractivity contribution < 1.29 is 0 Å². The van der Waals surface area contributed by atoms with Gasteiger partial charge in [0, 0.05) is 18.4 Å². The Bertz CT molecular complexity index is 397. The minimum Gasteiger partial charge on any atom is -0.336 e. The van der Waals surface area contributed by atoms with Crippen LogP contribution >= 0.6 is 0 Å². The summed E-state index contributed by atoms with van der Waals surface area (Å²) in [6.07, 6.45) is 5.52. The average molecular weight is 210 g/mol. The van der Waals surface area contributed by atoms with E-state index in [1.807, 2.05) is 42.6 Å². The number of nitrogens with zero attached hydrogens (tertiary/aromatic N) is 2. The molecular formula is C14H14N2. The van der Waals surface area contributed by atoms with Crippen molar-refractivity contribution in [2.75, 3.05) is 11.4 Å². The third-order valence-electron chi connectivity index (χ3n) is 2.34. The highest BCUT2D eigenvalue weighted by Crippen LogP contribution is 2.23. The molecule has 0 spiro atoms. The highest BCUT2D eigenvalue weighted by molar-refractivity contribution is 5.62. The van der Waals surface area contributed by atoms with E-state index in [4.69, 9.17) is 0 Å². The first kappa shape index (κ1) is 10.4. The molecular weight excluding hydrogens is 196 g/mol. The first-order valence-corrected chi connectivity index (χ1v) is 5.25. The molecule has 0 unspecified atom stereocenters. The molecule has 80 valence electrons. The van der Waals surface area contributed by atoms with Crippen molar-refractivity contribution in [3.8, 4) is 0 Å². The van der Waals surface area contributed by atoms with E-state index in [0.29, 0.717) is 0 Å². The molecule has 0 bridgehead atoms. The van der Waals surface area contributed by atoms with Gasteiger partial charge in [-0.1, -0.05) is 24.3 Å². The predicted molar refractivity (Wildman–Crippen MR) is 67.9 cm³/mol. The number of para-hydroxylation sites is 1. The molecule has 2 aromatic rings. The first-order valence-electron chi connectivity index (χ1n) is 5.25. The molecule has 2 rings (SSSR count). The molecule has 0 N–H and O–H groups in total. The Morgan fingerprint density at radius 2 is 1.81 bits per heavy atom.